The van der Waals surface area contributed by atoms with Crippen molar-refractivity contribution in [1.82, 2.24) is 4.57 Å². The van der Waals surface area contributed by atoms with Crippen molar-refractivity contribution in [3.8, 4) is 27.9 Å². The van der Waals surface area contributed by atoms with Gasteiger partial charge in [-0.2, -0.15) is 0 Å². The summed E-state index contributed by atoms with van der Waals surface area (Å²) in [5.41, 5.74) is 13.4. The average Bonchev–Trinajstić information content (AvgIpc) is 3.89. The molecule has 0 N–H and O–H groups in total. The highest BCUT2D eigenvalue weighted by molar-refractivity contribution is 7.25. The van der Waals surface area contributed by atoms with Crippen molar-refractivity contribution in [3.63, 3.8) is 0 Å². The maximum atomic E-state index is 2.53. The molecule has 2 heterocycles. The van der Waals surface area contributed by atoms with E-state index in [-0.39, 0.29) is 0 Å². The normalized spacial score (nSPS) is 13.5. The van der Waals surface area contributed by atoms with Gasteiger partial charge >= 0.3 is 0 Å². The summed E-state index contributed by atoms with van der Waals surface area (Å²) in [6.07, 6.45) is 6.47. The molecule has 0 bridgehead atoms. The zero-order valence-electron chi connectivity index (χ0n) is 34.0. The molecule has 2 aromatic heterocycles. The minimum absolute atomic E-state index is 0.578. The van der Waals surface area contributed by atoms with Crippen molar-refractivity contribution < 1.29 is 0 Å². The molecule has 0 amide bonds. The molecule has 0 unspecified atom stereocenters. The molecule has 1 saturated carbocycles. The fourth-order valence-corrected chi connectivity index (χ4v) is 11.6. The van der Waals surface area contributed by atoms with Gasteiger partial charge in [0.1, 0.15) is 0 Å². The van der Waals surface area contributed by atoms with Gasteiger partial charge in [0.2, 0.25) is 0 Å². The first-order valence-electron chi connectivity index (χ1n) is 21.8. The Morgan fingerprint density at radius 3 is 1.95 bits per heavy atom. The molecule has 0 radical (unpaired) electrons. The molecule has 9 aromatic carbocycles. The van der Waals surface area contributed by atoms with E-state index in [2.05, 4.69) is 210 Å². The van der Waals surface area contributed by atoms with Crippen molar-refractivity contribution in [2.75, 3.05) is 4.90 Å². The molecular weight excluding hydrogens is 757 g/mol. The van der Waals surface area contributed by atoms with Gasteiger partial charge in [0.15, 0.2) is 0 Å². The van der Waals surface area contributed by atoms with Crippen LogP contribution in [0, 0.1) is 0 Å². The molecule has 292 valence electrons. The molecule has 12 rings (SSSR count). The van der Waals surface area contributed by atoms with Crippen LogP contribution in [0.4, 0.5) is 17.1 Å². The highest BCUT2D eigenvalue weighted by Crippen LogP contribution is 2.49. The van der Waals surface area contributed by atoms with Gasteiger partial charge < -0.3 is 9.47 Å². The number of hydrogen-bond acceptors (Lipinski definition) is 2. The monoisotopic (exact) mass is 800 g/mol. The Bertz CT molecular complexity index is 3400. The third kappa shape index (κ3) is 5.98. The fraction of sp³-hybridized carbons (Fsp3) is 0.103. The maximum Gasteiger partial charge on any atom is 0.0782 e. The SMILES string of the molecule is c1ccc(-n2c3ccccc3c3cccc(N(c4ccc(-c5cccc6sc7ccccc7c56)cc4)c4ccccc4-c4cccc5cccc(C6CCCCC6)c45)c32)cc1. The topological polar surface area (TPSA) is 8.17 Å². The van der Waals surface area contributed by atoms with E-state index in [0.717, 1.165) is 22.7 Å². The summed E-state index contributed by atoms with van der Waals surface area (Å²) >= 11 is 1.87. The average molecular weight is 801 g/mol. The molecule has 1 fully saturated rings. The van der Waals surface area contributed by atoms with Gasteiger partial charge in [-0.1, -0.05) is 165 Å². The van der Waals surface area contributed by atoms with E-state index in [4.69, 9.17) is 0 Å². The number of nitrogens with zero attached hydrogens (tertiary/aromatic N) is 2. The highest BCUT2D eigenvalue weighted by atomic mass is 32.1. The van der Waals surface area contributed by atoms with Gasteiger partial charge in [-0.05, 0) is 106 Å². The summed E-state index contributed by atoms with van der Waals surface area (Å²) in [4.78, 5) is 2.53. The summed E-state index contributed by atoms with van der Waals surface area (Å²) < 4.78 is 5.11. The van der Waals surface area contributed by atoms with Crippen LogP contribution in [0.25, 0.3) is 80.7 Å². The van der Waals surface area contributed by atoms with Gasteiger partial charge in [0.25, 0.3) is 0 Å². The summed E-state index contributed by atoms with van der Waals surface area (Å²) in [6.45, 7) is 0. The molecule has 0 aliphatic heterocycles. The van der Waals surface area contributed by atoms with Crippen LogP contribution in [0.3, 0.4) is 0 Å². The smallest absolute Gasteiger partial charge is 0.0782 e. The third-order valence-corrected chi connectivity index (χ3v) is 14.3. The molecule has 0 saturated heterocycles. The second-order valence-corrected chi connectivity index (χ2v) is 17.7. The van der Waals surface area contributed by atoms with Crippen LogP contribution < -0.4 is 4.90 Å². The van der Waals surface area contributed by atoms with Crippen LogP contribution in [0.1, 0.15) is 43.6 Å². The van der Waals surface area contributed by atoms with E-state index >= 15 is 0 Å². The van der Waals surface area contributed by atoms with E-state index in [1.807, 2.05) is 11.3 Å². The van der Waals surface area contributed by atoms with Gasteiger partial charge in [-0.15, -0.1) is 11.3 Å². The minimum atomic E-state index is 0.578. The van der Waals surface area contributed by atoms with Crippen LogP contribution in [0.2, 0.25) is 0 Å². The number of para-hydroxylation sites is 4. The van der Waals surface area contributed by atoms with Crippen molar-refractivity contribution in [3.05, 3.63) is 206 Å². The van der Waals surface area contributed by atoms with Crippen LogP contribution in [0.15, 0.2) is 200 Å². The number of thiophene rings is 1. The Labute approximate surface area is 360 Å². The molecule has 61 heavy (non-hydrogen) atoms. The summed E-state index contributed by atoms with van der Waals surface area (Å²) in [7, 11) is 0. The molecule has 3 heteroatoms. The molecule has 0 atom stereocenters. The molecular formula is C58H44N2S. The van der Waals surface area contributed by atoms with Gasteiger partial charge in [0, 0.05) is 47.9 Å². The fourth-order valence-electron chi connectivity index (χ4n) is 10.5. The second kappa shape index (κ2) is 15.0. The van der Waals surface area contributed by atoms with Gasteiger partial charge in [-0.25, -0.2) is 0 Å². The second-order valence-electron chi connectivity index (χ2n) is 16.6. The van der Waals surface area contributed by atoms with E-state index in [9.17, 15) is 0 Å². The lowest BCUT2D eigenvalue weighted by molar-refractivity contribution is 0.445. The van der Waals surface area contributed by atoms with E-state index in [1.54, 1.807) is 0 Å². The number of anilines is 3. The summed E-state index contributed by atoms with van der Waals surface area (Å²) in [5, 5.41) is 7.84. The first kappa shape index (κ1) is 36.0. The third-order valence-electron chi connectivity index (χ3n) is 13.2. The molecule has 1 aliphatic carbocycles. The van der Waals surface area contributed by atoms with Crippen molar-refractivity contribution in [2.24, 2.45) is 0 Å². The number of fused-ring (bicyclic) bond motifs is 7. The van der Waals surface area contributed by atoms with Crippen LogP contribution in [0.5, 0.6) is 0 Å². The van der Waals surface area contributed by atoms with Crippen LogP contribution in [-0.4, -0.2) is 4.57 Å². The number of hydrogen-bond donors (Lipinski definition) is 0. The Morgan fingerprint density at radius 2 is 1.08 bits per heavy atom. The predicted octanol–water partition coefficient (Wildman–Crippen LogP) is 17.2. The summed E-state index contributed by atoms with van der Waals surface area (Å²) in [6, 6.07) is 74.5. The lowest BCUT2D eigenvalue weighted by atomic mass is 9.80. The quantitative estimate of drug-likeness (QED) is 0.156. The van der Waals surface area contributed by atoms with Gasteiger partial charge in [-0.3, -0.25) is 0 Å². The highest BCUT2D eigenvalue weighted by Gasteiger charge is 2.26. The zero-order valence-corrected chi connectivity index (χ0v) is 34.8. The van der Waals surface area contributed by atoms with Crippen LogP contribution in [-0.2, 0) is 0 Å². The first-order chi connectivity index (χ1) is 30.3. The van der Waals surface area contributed by atoms with Crippen molar-refractivity contribution >= 4 is 81.1 Å². The van der Waals surface area contributed by atoms with E-state index in [1.165, 1.54) is 113 Å². The Hall–Kier alpha value is -6.94. The Balaban J connectivity index is 1.12. The number of aromatic nitrogens is 1. The number of rotatable bonds is 7. The van der Waals surface area contributed by atoms with Gasteiger partial charge in [0.05, 0.1) is 22.4 Å². The standard InChI is InChI=1S/C58H44N2S/c1-3-17-39(18-4-1)44-26-13-19-41-20-14-28-48(56(41)44)46-23-7-10-30-51(46)59(43-37-35-40(36-38-43)45-27-16-34-55-57(45)50-25-9-12-33-54(50)61-55)53-32-15-29-49-47-24-8-11-31-52(47)60(58(49)53)42-21-5-2-6-22-42/h2,5-16,19-39H,1,3-4,17-18H2. The number of benzene rings is 9. The van der Waals surface area contributed by atoms with E-state index < -0.39 is 0 Å². The largest absolute Gasteiger partial charge is 0.308 e. The summed E-state index contributed by atoms with van der Waals surface area (Å²) in [5.74, 6) is 0.578. The Morgan fingerprint density at radius 1 is 0.443 bits per heavy atom. The lowest BCUT2D eigenvalue weighted by Crippen LogP contribution is -2.13. The van der Waals surface area contributed by atoms with Crippen molar-refractivity contribution in [2.45, 2.75) is 38.0 Å². The van der Waals surface area contributed by atoms with Crippen molar-refractivity contribution in [1.29, 1.82) is 0 Å². The van der Waals surface area contributed by atoms with E-state index in [0.29, 0.717) is 5.92 Å². The Kier molecular flexibility index (Phi) is 8.82. The zero-order chi connectivity index (χ0) is 40.3. The van der Waals surface area contributed by atoms with Crippen LogP contribution >= 0.6 is 11.3 Å². The minimum Gasteiger partial charge on any atom is -0.308 e. The predicted molar refractivity (Wildman–Crippen MR) is 263 cm³/mol. The molecule has 11 aromatic rings. The molecule has 0 spiro atoms. The molecule has 2 nitrogen and oxygen atoms in total. The maximum absolute atomic E-state index is 2.53. The molecule has 1 aliphatic rings. The lowest BCUT2D eigenvalue weighted by Gasteiger charge is -2.30. The first-order valence-corrected chi connectivity index (χ1v) is 22.6.